The Morgan fingerprint density at radius 3 is 2.34 bits per heavy atom. The lowest BCUT2D eigenvalue weighted by Gasteiger charge is -2.38. The van der Waals surface area contributed by atoms with E-state index in [1.807, 2.05) is 26.0 Å². The number of benzene rings is 2. The van der Waals surface area contributed by atoms with Crippen LogP contribution in [0.3, 0.4) is 0 Å². The van der Waals surface area contributed by atoms with Gasteiger partial charge in [-0.2, -0.15) is 0 Å². The summed E-state index contributed by atoms with van der Waals surface area (Å²) in [4.78, 5) is 0. The summed E-state index contributed by atoms with van der Waals surface area (Å²) in [6.45, 7) is 7.66. The molecular formula is C29H39FO2. The second-order valence-electron chi connectivity index (χ2n) is 9.90. The van der Waals surface area contributed by atoms with Gasteiger partial charge in [0.25, 0.3) is 0 Å². The third-order valence-corrected chi connectivity index (χ3v) is 7.77. The zero-order valence-electron chi connectivity index (χ0n) is 20.0. The highest BCUT2D eigenvalue weighted by Crippen LogP contribution is 2.40. The lowest BCUT2D eigenvalue weighted by Crippen LogP contribution is -2.37. The van der Waals surface area contributed by atoms with Crippen molar-refractivity contribution in [2.24, 2.45) is 5.92 Å². The molecule has 2 aromatic rings. The molecule has 2 atom stereocenters. The Bertz CT molecular complexity index is 859. The van der Waals surface area contributed by atoms with Crippen molar-refractivity contribution in [2.45, 2.75) is 90.3 Å². The topological polar surface area (TPSA) is 18.5 Å². The van der Waals surface area contributed by atoms with Crippen LogP contribution < -0.4 is 0 Å². The predicted octanol–water partition coefficient (Wildman–Crippen LogP) is 7.75. The van der Waals surface area contributed by atoms with E-state index in [1.165, 1.54) is 37.7 Å². The standard InChI is InChI=1S/C29H39FO2/c1-4-5-18-31-26-15-17-28(32-19-26)25-13-9-23(10-14-25)22-7-11-24(12-8-22)27-16-6-20(2)21(3)29(27)30/h6-8,11-12,16,23,25-26,28H,4-5,9-10,13-15,17-19H2,1-3H3. The first-order valence-corrected chi connectivity index (χ1v) is 12.7. The van der Waals surface area contributed by atoms with Crippen molar-refractivity contribution in [1.82, 2.24) is 0 Å². The molecule has 0 N–H and O–H groups in total. The Hall–Kier alpha value is -1.71. The fourth-order valence-corrected chi connectivity index (χ4v) is 5.41. The average Bonchev–Trinajstić information content (AvgIpc) is 2.84. The van der Waals surface area contributed by atoms with E-state index in [2.05, 4.69) is 31.2 Å². The van der Waals surface area contributed by atoms with Gasteiger partial charge in [-0.05, 0) is 92.9 Å². The molecule has 1 heterocycles. The van der Waals surface area contributed by atoms with Gasteiger partial charge in [0, 0.05) is 12.2 Å². The third kappa shape index (κ3) is 5.43. The normalized spacial score (nSPS) is 26.2. The largest absolute Gasteiger partial charge is 0.376 e. The van der Waals surface area contributed by atoms with Gasteiger partial charge in [0.05, 0.1) is 18.8 Å². The van der Waals surface area contributed by atoms with E-state index in [1.54, 1.807) is 0 Å². The second kappa shape index (κ2) is 10.9. The van der Waals surface area contributed by atoms with E-state index in [0.29, 0.717) is 29.6 Å². The number of halogens is 1. The van der Waals surface area contributed by atoms with E-state index in [9.17, 15) is 4.39 Å². The Labute approximate surface area is 193 Å². The van der Waals surface area contributed by atoms with Gasteiger partial charge in [-0.25, -0.2) is 4.39 Å². The fraction of sp³-hybridized carbons (Fsp3) is 0.586. The molecule has 0 bridgehead atoms. The van der Waals surface area contributed by atoms with Crippen LogP contribution in [-0.2, 0) is 9.47 Å². The first-order chi connectivity index (χ1) is 15.6. The Balaban J connectivity index is 1.28. The summed E-state index contributed by atoms with van der Waals surface area (Å²) in [5, 5.41) is 0. The Morgan fingerprint density at radius 1 is 0.938 bits per heavy atom. The SMILES string of the molecule is CCCCOC1CCC(C2CCC(c3ccc(-c4ccc(C)c(C)c4F)cc3)CC2)OC1. The lowest BCUT2D eigenvalue weighted by atomic mass is 9.75. The Kier molecular flexibility index (Phi) is 8.02. The quantitative estimate of drug-likeness (QED) is 0.411. The first kappa shape index (κ1) is 23.4. The molecule has 174 valence electrons. The van der Waals surface area contributed by atoms with Crippen LogP contribution in [0, 0.1) is 25.6 Å². The molecule has 0 amide bonds. The van der Waals surface area contributed by atoms with Crippen LogP contribution in [0.25, 0.3) is 11.1 Å². The summed E-state index contributed by atoms with van der Waals surface area (Å²) in [6.07, 6.45) is 10.2. The van der Waals surface area contributed by atoms with Crippen LogP contribution in [0.2, 0.25) is 0 Å². The van der Waals surface area contributed by atoms with Gasteiger partial charge in [-0.3, -0.25) is 0 Å². The summed E-state index contributed by atoms with van der Waals surface area (Å²) in [6, 6.07) is 12.5. The molecule has 2 aromatic carbocycles. The summed E-state index contributed by atoms with van der Waals surface area (Å²) in [5.74, 6) is 1.20. The number of hydrogen-bond acceptors (Lipinski definition) is 2. The number of unbranched alkanes of at least 4 members (excludes halogenated alkanes) is 1. The van der Waals surface area contributed by atoms with Crippen LogP contribution in [0.1, 0.15) is 80.9 Å². The molecule has 1 aliphatic carbocycles. The van der Waals surface area contributed by atoms with E-state index >= 15 is 0 Å². The molecule has 2 fully saturated rings. The molecule has 2 aliphatic rings. The molecule has 1 aliphatic heterocycles. The molecule has 4 rings (SSSR count). The summed E-state index contributed by atoms with van der Waals surface area (Å²) >= 11 is 0. The zero-order chi connectivity index (χ0) is 22.5. The molecule has 0 radical (unpaired) electrons. The smallest absolute Gasteiger partial charge is 0.134 e. The van der Waals surface area contributed by atoms with Crippen LogP contribution in [0.5, 0.6) is 0 Å². The second-order valence-corrected chi connectivity index (χ2v) is 9.90. The zero-order valence-corrected chi connectivity index (χ0v) is 20.0. The van der Waals surface area contributed by atoms with Gasteiger partial charge in [-0.15, -0.1) is 0 Å². The average molecular weight is 439 g/mol. The van der Waals surface area contributed by atoms with Crippen molar-refractivity contribution in [1.29, 1.82) is 0 Å². The monoisotopic (exact) mass is 438 g/mol. The third-order valence-electron chi connectivity index (χ3n) is 7.77. The summed E-state index contributed by atoms with van der Waals surface area (Å²) < 4.78 is 26.9. The minimum Gasteiger partial charge on any atom is -0.376 e. The highest BCUT2D eigenvalue weighted by Gasteiger charge is 2.32. The predicted molar refractivity (Wildman–Crippen MR) is 130 cm³/mol. The molecule has 0 spiro atoms. The molecule has 32 heavy (non-hydrogen) atoms. The van der Waals surface area contributed by atoms with Crippen LogP contribution >= 0.6 is 0 Å². The van der Waals surface area contributed by atoms with Crippen molar-refractivity contribution in [3.63, 3.8) is 0 Å². The molecule has 2 unspecified atom stereocenters. The van der Waals surface area contributed by atoms with E-state index in [-0.39, 0.29) is 5.82 Å². The first-order valence-electron chi connectivity index (χ1n) is 12.7. The van der Waals surface area contributed by atoms with Crippen LogP contribution in [0.4, 0.5) is 4.39 Å². The number of hydrogen-bond donors (Lipinski definition) is 0. The van der Waals surface area contributed by atoms with E-state index < -0.39 is 0 Å². The Morgan fingerprint density at radius 2 is 1.69 bits per heavy atom. The molecule has 3 heteroatoms. The maximum Gasteiger partial charge on any atom is 0.134 e. The number of rotatable bonds is 7. The fourth-order valence-electron chi connectivity index (χ4n) is 5.41. The maximum atomic E-state index is 14.7. The molecule has 1 saturated carbocycles. The van der Waals surface area contributed by atoms with Gasteiger partial charge in [0.2, 0.25) is 0 Å². The van der Waals surface area contributed by atoms with Crippen LogP contribution in [-0.4, -0.2) is 25.4 Å². The van der Waals surface area contributed by atoms with Crippen molar-refractivity contribution in [3.05, 3.63) is 58.9 Å². The van der Waals surface area contributed by atoms with E-state index in [0.717, 1.165) is 49.2 Å². The number of aryl methyl sites for hydroxylation is 1. The van der Waals surface area contributed by atoms with Gasteiger partial charge in [-0.1, -0.05) is 49.7 Å². The lowest BCUT2D eigenvalue weighted by molar-refractivity contribution is -0.107. The summed E-state index contributed by atoms with van der Waals surface area (Å²) in [7, 11) is 0. The van der Waals surface area contributed by atoms with Crippen molar-refractivity contribution in [2.75, 3.05) is 13.2 Å². The van der Waals surface area contributed by atoms with Crippen molar-refractivity contribution >= 4 is 0 Å². The number of ether oxygens (including phenoxy) is 2. The molecule has 0 aromatic heterocycles. The van der Waals surface area contributed by atoms with Crippen LogP contribution in [0.15, 0.2) is 36.4 Å². The van der Waals surface area contributed by atoms with E-state index in [4.69, 9.17) is 9.47 Å². The minimum atomic E-state index is -0.0938. The van der Waals surface area contributed by atoms with Crippen molar-refractivity contribution in [3.8, 4) is 11.1 Å². The highest BCUT2D eigenvalue weighted by molar-refractivity contribution is 5.66. The van der Waals surface area contributed by atoms with Crippen molar-refractivity contribution < 1.29 is 13.9 Å². The summed E-state index contributed by atoms with van der Waals surface area (Å²) in [5.41, 5.74) is 4.81. The van der Waals surface area contributed by atoms with Gasteiger partial charge in [0.1, 0.15) is 5.82 Å². The van der Waals surface area contributed by atoms with Gasteiger partial charge >= 0.3 is 0 Å². The molecular weight excluding hydrogens is 399 g/mol. The highest BCUT2D eigenvalue weighted by atomic mass is 19.1. The molecule has 1 saturated heterocycles. The van der Waals surface area contributed by atoms with Gasteiger partial charge in [0.15, 0.2) is 0 Å². The van der Waals surface area contributed by atoms with Gasteiger partial charge < -0.3 is 9.47 Å². The minimum absolute atomic E-state index is 0.0938. The molecule has 2 nitrogen and oxygen atoms in total. The maximum absolute atomic E-state index is 14.7.